The molecular formula is C19H29N4O6S+. The van der Waals surface area contributed by atoms with Crippen molar-refractivity contribution in [2.24, 2.45) is 9.63 Å². The highest BCUT2D eigenvalue weighted by atomic mass is 32.2. The Morgan fingerprint density at radius 1 is 1.27 bits per heavy atom. The van der Waals surface area contributed by atoms with Crippen molar-refractivity contribution in [2.75, 3.05) is 13.2 Å². The fourth-order valence-corrected chi connectivity index (χ4v) is 4.10. The third-order valence-corrected chi connectivity index (χ3v) is 6.08. The van der Waals surface area contributed by atoms with Crippen LogP contribution in [0.2, 0.25) is 0 Å². The molecule has 2 N–H and O–H groups in total. The molecule has 1 heterocycles. The summed E-state index contributed by atoms with van der Waals surface area (Å²) in [4.78, 5) is 24.7. The van der Waals surface area contributed by atoms with E-state index in [0.717, 1.165) is 5.56 Å². The number of aryl methyl sites for hydroxylation is 1. The zero-order valence-electron chi connectivity index (χ0n) is 17.8. The SMILES string of the molecule is Cc1ccc(S(=O)(=O)N=NCN[C@H]2CC(C)[N+](C(=O)O)(C(=O)OC(C)(C)C)C2)cc1. The van der Waals surface area contributed by atoms with E-state index in [1.54, 1.807) is 39.8 Å². The number of carbonyl (C=O) groups is 2. The number of ether oxygens (including phenoxy) is 1. The van der Waals surface area contributed by atoms with Crippen LogP contribution in [0.25, 0.3) is 0 Å². The van der Waals surface area contributed by atoms with E-state index in [1.807, 2.05) is 6.92 Å². The Balaban J connectivity index is 2.03. The lowest BCUT2D eigenvalue weighted by Gasteiger charge is -2.31. The van der Waals surface area contributed by atoms with Crippen LogP contribution < -0.4 is 5.32 Å². The van der Waals surface area contributed by atoms with Gasteiger partial charge in [-0.25, -0.2) is 0 Å². The Labute approximate surface area is 176 Å². The number of hydrogen-bond acceptors (Lipinski definition) is 7. The molecule has 0 aromatic heterocycles. The number of amides is 2. The van der Waals surface area contributed by atoms with Crippen LogP contribution in [0.4, 0.5) is 9.59 Å². The smallest absolute Gasteiger partial charge is 0.435 e. The van der Waals surface area contributed by atoms with Gasteiger partial charge in [-0.3, -0.25) is 5.32 Å². The number of carbonyl (C=O) groups excluding carboxylic acids is 1. The number of imide groups is 1. The number of benzene rings is 1. The molecule has 2 unspecified atom stereocenters. The second-order valence-corrected chi connectivity index (χ2v) is 10.1. The lowest BCUT2D eigenvalue weighted by molar-refractivity contribution is -0.797. The second-order valence-electron chi connectivity index (χ2n) is 8.47. The first-order valence-corrected chi connectivity index (χ1v) is 11.0. The summed E-state index contributed by atoms with van der Waals surface area (Å²) in [5.41, 5.74) is 0.106. The van der Waals surface area contributed by atoms with E-state index >= 15 is 0 Å². The molecule has 1 aromatic carbocycles. The molecular weight excluding hydrogens is 412 g/mol. The van der Waals surface area contributed by atoms with E-state index in [2.05, 4.69) is 15.0 Å². The number of nitrogens with one attached hydrogen (secondary N) is 1. The lowest BCUT2D eigenvalue weighted by atomic mass is 10.2. The van der Waals surface area contributed by atoms with Crippen LogP contribution in [0, 0.1) is 6.92 Å². The van der Waals surface area contributed by atoms with Gasteiger partial charge in [0.25, 0.3) is 10.0 Å². The van der Waals surface area contributed by atoms with Gasteiger partial charge in [0.1, 0.15) is 24.9 Å². The predicted molar refractivity (Wildman–Crippen MR) is 108 cm³/mol. The van der Waals surface area contributed by atoms with Gasteiger partial charge in [-0.2, -0.15) is 23.1 Å². The van der Waals surface area contributed by atoms with Crippen LogP contribution in [0.3, 0.4) is 0 Å². The van der Waals surface area contributed by atoms with Crippen molar-refractivity contribution in [3.63, 3.8) is 0 Å². The molecule has 1 aliphatic heterocycles. The molecule has 30 heavy (non-hydrogen) atoms. The van der Waals surface area contributed by atoms with Gasteiger partial charge in [-0.05, 0) is 46.8 Å². The summed E-state index contributed by atoms with van der Waals surface area (Å²) in [7, 11) is -3.91. The summed E-state index contributed by atoms with van der Waals surface area (Å²) in [6, 6.07) is 5.35. The first-order valence-electron chi connectivity index (χ1n) is 9.56. The molecule has 2 amide bonds. The van der Waals surface area contributed by atoms with Crippen LogP contribution in [0.5, 0.6) is 0 Å². The van der Waals surface area contributed by atoms with Crippen molar-refractivity contribution in [3.05, 3.63) is 29.8 Å². The monoisotopic (exact) mass is 441 g/mol. The highest BCUT2D eigenvalue weighted by molar-refractivity contribution is 7.90. The van der Waals surface area contributed by atoms with Gasteiger partial charge in [0.05, 0.1) is 10.9 Å². The molecule has 1 aromatic rings. The molecule has 1 fully saturated rings. The van der Waals surface area contributed by atoms with E-state index < -0.39 is 38.3 Å². The molecule has 10 nitrogen and oxygen atoms in total. The summed E-state index contributed by atoms with van der Waals surface area (Å²) in [6.45, 7) is 8.38. The Kier molecular flexibility index (Phi) is 7.00. The van der Waals surface area contributed by atoms with E-state index in [-0.39, 0.29) is 24.2 Å². The average Bonchev–Trinajstić information content (AvgIpc) is 2.95. The van der Waals surface area contributed by atoms with Crippen LogP contribution in [-0.4, -0.2) is 61.1 Å². The molecule has 166 valence electrons. The fourth-order valence-electron chi connectivity index (χ4n) is 3.32. The largest absolute Gasteiger partial charge is 0.527 e. The summed E-state index contributed by atoms with van der Waals surface area (Å²) in [6.07, 6.45) is -1.73. The molecule has 0 spiro atoms. The maximum Gasteiger partial charge on any atom is 0.527 e. The average molecular weight is 442 g/mol. The Morgan fingerprint density at radius 2 is 1.87 bits per heavy atom. The molecule has 0 bridgehead atoms. The summed E-state index contributed by atoms with van der Waals surface area (Å²) < 4.78 is 32.2. The minimum absolute atomic E-state index is 0.0361. The first kappa shape index (κ1) is 23.9. The number of rotatable bonds is 5. The summed E-state index contributed by atoms with van der Waals surface area (Å²) in [5.74, 6) is 0. The quantitative estimate of drug-likeness (QED) is 0.529. The van der Waals surface area contributed by atoms with Gasteiger partial charge >= 0.3 is 12.2 Å². The topological polar surface area (TPSA) is 134 Å². The highest BCUT2D eigenvalue weighted by Gasteiger charge is 2.58. The number of sulfonamides is 1. The van der Waals surface area contributed by atoms with Gasteiger partial charge in [0.2, 0.25) is 0 Å². The standard InChI is InChI=1S/C19H28N4O6S/c1-13-6-8-16(9-7-13)30(27,28)22-21-12-20-15-10-14(2)23(11-15,17(24)25)18(26)29-19(3,4)5/h6-9,14-15,20H,10-12H2,1-5H3/p+1/t14?,15-,23?/m0/s1. The van der Waals surface area contributed by atoms with E-state index in [4.69, 9.17) is 4.74 Å². The van der Waals surface area contributed by atoms with Gasteiger partial charge < -0.3 is 9.84 Å². The molecule has 0 aliphatic carbocycles. The molecule has 1 aliphatic rings. The van der Waals surface area contributed by atoms with E-state index in [1.165, 1.54) is 12.1 Å². The van der Waals surface area contributed by atoms with E-state index in [0.29, 0.717) is 6.42 Å². The maximum atomic E-state index is 12.6. The zero-order valence-corrected chi connectivity index (χ0v) is 18.6. The third kappa shape index (κ3) is 5.41. The Morgan fingerprint density at radius 3 is 2.40 bits per heavy atom. The highest BCUT2D eigenvalue weighted by Crippen LogP contribution is 2.30. The third-order valence-electron chi connectivity index (χ3n) is 4.88. The minimum Gasteiger partial charge on any atom is -0.435 e. The minimum atomic E-state index is -3.91. The molecule has 1 saturated heterocycles. The predicted octanol–water partition coefficient (Wildman–Crippen LogP) is 3.27. The number of carboxylic acid groups (broad SMARTS) is 1. The number of hydrogen-bond donors (Lipinski definition) is 2. The van der Waals surface area contributed by atoms with Crippen LogP contribution in [0.1, 0.15) is 39.7 Å². The van der Waals surface area contributed by atoms with E-state index in [9.17, 15) is 23.1 Å². The van der Waals surface area contributed by atoms with Gasteiger partial charge in [-0.15, -0.1) is 4.48 Å². The second kappa shape index (κ2) is 8.78. The van der Waals surface area contributed by atoms with Gasteiger partial charge in [-0.1, -0.05) is 22.2 Å². The Hall–Kier alpha value is -2.37. The molecule has 0 saturated carbocycles. The number of nitrogens with zero attached hydrogens (tertiary/aromatic N) is 3. The van der Waals surface area contributed by atoms with Crippen LogP contribution in [-0.2, 0) is 14.8 Å². The number of quaternary nitrogens is 1. The normalized spacial score (nSPS) is 24.8. The molecule has 0 radical (unpaired) electrons. The van der Waals surface area contributed by atoms with Gasteiger partial charge in [0, 0.05) is 6.42 Å². The summed E-state index contributed by atoms with van der Waals surface area (Å²) in [5, 5.41) is 16.4. The van der Waals surface area contributed by atoms with Gasteiger partial charge in [0.15, 0.2) is 0 Å². The number of likely N-dealkylation sites (tertiary alicyclic amines) is 1. The van der Waals surface area contributed by atoms with Crippen molar-refractivity contribution in [1.82, 2.24) is 5.32 Å². The lowest BCUT2D eigenvalue weighted by Crippen LogP contribution is -2.60. The molecule has 2 rings (SSSR count). The molecule has 11 heteroatoms. The van der Waals surface area contributed by atoms with Crippen molar-refractivity contribution in [2.45, 2.75) is 63.6 Å². The summed E-state index contributed by atoms with van der Waals surface area (Å²) >= 11 is 0. The first-order chi connectivity index (χ1) is 13.8. The fraction of sp³-hybridized carbons (Fsp3) is 0.579. The van der Waals surface area contributed by atoms with Crippen molar-refractivity contribution < 1.29 is 32.3 Å². The Bertz CT molecular complexity index is 923. The van der Waals surface area contributed by atoms with Crippen molar-refractivity contribution in [3.8, 4) is 0 Å². The maximum absolute atomic E-state index is 12.6. The molecule has 3 atom stereocenters. The van der Waals surface area contributed by atoms with Crippen molar-refractivity contribution in [1.29, 1.82) is 0 Å². The van der Waals surface area contributed by atoms with Crippen molar-refractivity contribution >= 4 is 22.2 Å². The van der Waals surface area contributed by atoms with Crippen LogP contribution >= 0.6 is 0 Å². The van der Waals surface area contributed by atoms with Crippen LogP contribution in [0.15, 0.2) is 38.8 Å². The zero-order chi connectivity index (χ0) is 22.7.